The summed E-state index contributed by atoms with van der Waals surface area (Å²) >= 11 is 0. The maximum atomic E-state index is 12.5. The van der Waals surface area contributed by atoms with Crippen molar-refractivity contribution in [3.05, 3.63) is 18.1 Å². The summed E-state index contributed by atoms with van der Waals surface area (Å²) in [6.45, 7) is 7.56. The number of carbonyl (C=O) groups excluding carboxylic acids is 2. The van der Waals surface area contributed by atoms with Gasteiger partial charge in [0.15, 0.2) is 0 Å². The summed E-state index contributed by atoms with van der Waals surface area (Å²) in [7, 11) is 0. The van der Waals surface area contributed by atoms with Crippen LogP contribution in [-0.2, 0) is 9.53 Å². The number of ether oxygens (including phenoxy) is 1. The number of piperidine rings is 1. The second kappa shape index (κ2) is 8.44. The molecule has 2 saturated heterocycles. The number of nitrogens with zero attached hydrogens (tertiary/aromatic N) is 4. The fraction of sp³-hybridized carbons (Fsp3) is 0.667. The lowest BCUT2D eigenvalue weighted by Crippen LogP contribution is -2.46. The van der Waals surface area contributed by atoms with Gasteiger partial charge in [0.05, 0.1) is 25.6 Å². The summed E-state index contributed by atoms with van der Waals surface area (Å²) in [6, 6.07) is 0.120. The van der Waals surface area contributed by atoms with Crippen LogP contribution in [0.25, 0.3) is 0 Å². The van der Waals surface area contributed by atoms with E-state index in [0.717, 1.165) is 19.4 Å². The Morgan fingerprint density at radius 3 is 2.69 bits per heavy atom. The van der Waals surface area contributed by atoms with Crippen LogP contribution in [0.1, 0.15) is 37.2 Å². The van der Waals surface area contributed by atoms with Gasteiger partial charge in [-0.2, -0.15) is 0 Å². The van der Waals surface area contributed by atoms with E-state index in [1.807, 2.05) is 18.7 Å². The van der Waals surface area contributed by atoms with Crippen molar-refractivity contribution in [2.24, 2.45) is 5.92 Å². The molecular formula is C18H27N5O3. The van der Waals surface area contributed by atoms with Gasteiger partial charge >= 0.3 is 0 Å². The van der Waals surface area contributed by atoms with E-state index < -0.39 is 0 Å². The van der Waals surface area contributed by atoms with Crippen LogP contribution in [0.2, 0.25) is 0 Å². The summed E-state index contributed by atoms with van der Waals surface area (Å²) < 4.78 is 5.28. The molecule has 8 nitrogen and oxygen atoms in total. The Morgan fingerprint density at radius 1 is 1.19 bits per heavy atom. The molecule has 1 aromatic heterocycles. The van der Waals surface area contributed by atoms with Gasteiger partial charge in [0.1, 0.15) is 11.5 Å². The highest BCUT2D eigenvalue weighted by Gasteiger charge is 2.26. The fourth-order valence-electron chi connectivity index (χ4n) is 3.34. The van der Waals surface area contributed by atoms with Crippen molar-refractivity contribution < 1.29 is 14.3 Å². The van der Waals surface area contributed by atoms with E-state index in [4.69, 9.17) is 4.74 Å². The molecule has 8 heteroatoms. The van der Waals surface area contributed by atoms with Crippen molar-refractivity contribution in [2.75, 3.05) is 44.7 Å². The van der Waals surface area contributed by atoms with Crippen LogP contribution in [0.3, 0.4) is 0 Å². The Morgan fingerprint density at radius 2 is 1.96 bits per heavy atom. The van der Waals surface area contributed by atoms with Crippen LogP contribution in [-0.4, -0.2) is 77.0 Å². The number of anilines is 1. The highest BCUT2D eigenvalue weighted by Crippen LogP contribution is 2.17. The summed E-state index contributed by atoms with van der Waals surface area (Å²) in [5, 5.41) is 3.34. The van der Waals surface area contributed by atoms with Gasteiger partial charge in [0, 0.05) is 38.1 Å². The average molecular weight is 361 g/mol. The van der Waals surface area contributed by atoms with E-state index in [1.165, 1.54) is 6.20 Å². The topological polar surface area (TPSA) is 87.7 Å². The molecule has 0 aliphatic carbocycles. The largest absolute Gasteiger partial charge is 0.378 e. The normalized spacial score (nSPS) is 21.0. The predicted octanol–water partition coefficient (Wildman–Crippen LogP) is 1.01. The van der Waals surface area contributed by atoms with Gasteiger partial charge in [0.2, 0.25) is 5.91 Å². The van der Waals surface area contributed by atoms with E-state index in [9.17, 15) is 9.59 Å². The number of carbonyl (C=O) groups is 2. The number of morpholine rings is 1. The zero-order chi connectivity index (χ0) is 18.5. The number of likely N-dealkylation sites (tertiary alicyclic amines) is 1. The molecule has 1 unspecified atom stereocenters. The van der Waals surface area contributed by atoms with Gasteiger partial charge in [-0.3, -0.25) is 14.6 Å². The molecule has 0 aromatic carbocycles. The number of rotatable bonds is 4. The Bertz CT molecular complexity index is 645. The number of nitrogens with one attached hydrogen (secondary N) is 1. The van der Waals surface area contributed by atoms with Crippen molar-refractivity contribution in [1.29, 1.82) is 0 Å². The van der Waals surface area contributed by atoms with E-state index in [-0.39, 0.29) is 23.8 Å². The standard InChI is InChI=1S/C18H27N5O3/c1-13(2)17(24)23-5-3-4-14(12-23)20-16-11-19-10-15(21-16)18(25)22-6-8-26-9-7-22/h10-11,13-14H,3-9,12H2,1-2H3,(H,20,21). The molecule has 0 spiro atoms. The van der Waals surface area contributed by atoms with Crippen molar-refractivity contribution in [3.63, 3.8) is 0 Å². The van der Waals surface area contributed by atoms with E-state index >= 15 is 0 Å². The quantitative estimate of drug-likeness (QED) is 0.861. The summed E-state index contributed by atoms with van der Waals surface area (Å²) in [5.41, 5.74) is 0.336. The molecule has 3 rings (SSSR count). The van der Waals surface area contributed by atoms with E-state index in [2.05, 4.69) is 15.3 Å². The van der Waals surface area contributed by atoms with Crippen molar-refractivity contribution >= 4 is 17.6 Å². The number of hydrogen-bond acceptors (Lipinski definition) is 6. The predicted molar refractivity (Wildman–Crippen MR) is 96.8 cm³/mol. The Kier molecular flexibility index (Phi) is 6.03. The van der Waals surface area contributed by atoms with Crippen LogP contribution in [0.15, 0.2) is 12.4 Å². The van der Waals surface area contributed by atoms with Crippen LogP contribution < -0.4 is 5.32 Å². The third kappa shape index (κ3) is 4.49. The highest BCUT2D eigenvalue weighted by molar-refractivity contribution is 5.92. The second-order valence-corrected chi connectivity index (χ2v) is 7.12. The van der Waals surface area contributed by atoms with Crippen LogP contribution in [0.5, 0.6) is 0 Å². The van der Waals surface area contributed by atoms with Gasteiger partial charge in [-0.15, -0.1) is 0 Å². The molecule has 26 heavy (non-hydrogen) atoms. The van der Waals surface area contributed by atoms with Gasteiger partial charge in [-0.1, -0.05) is 13.8 Å². The van der Waals surface area contributed by atoms with Gasteiger partial charge in [-0.25, -0.2) is 4.98 Å². The molecule has 2 amide bonds. The van der Waals surface area contributed by atoms with Gasteiger partial charge in [-0.05, 0) is 12.8 Å². The molecular weight excluding hydrogens is 334 g/mol. The first-order valence-corrected chi connectivity index (χ1v) is 9.29. The number of amides is 2. The van der Waals surface area contributed by atoms with Crippen LogP contribution >= 0.6 is 0 Å². The number of hydrogen-bond donors (Lipinski definition) is 1. The zero-order valence-electron chi connectivity index (χ0n) is 15.5. The molecule has 3 heterocycles. The molecule has 2 fully saturated rings. The van der Waals surface area contributed by atoms with Gasteiger partial charge < -0.3 is 19.9 Å². The Labute approximate surface area is 153 Å². The third-order valence-electron chi connectivity index (χ3n) is 4.73. The molecule has 2 aliphatic rings. The van der Waals surface area contributed by atoms with E-state index in [1.54, 1.807) is 11.1 Å². The molecule has 1 atom stereocenters. The van der Waals surface area contributed by atoms with Crippen molar-refractivity contribution in [3.8, 4) is 0 Å². The lowest BCUT2D eigenvalue weighted by molar-refractivity contribution is -0.135. The fourth-order valence-corrected chi connectivity index (χ4v) is 3.34. The summed E-state index contributed by atoms with van der Waals surface area (Å²) in [6.07, 6.45) is 5.04. The molecule has 142 valence electrons. The Hall–Kier alpha value is -2.22. The first-order valence-electron chi connectivity index (χ1n) is 9.29. The first-order chi connectivity index (χ1) is 12.5. The SMILES string of the molecule is CC(C)C(=O)N1CCCC(Nc2cncc(C(=O)N3CCOCC3)n2)C1. The van der Waals surface area contributed by atoms with Crippen molar-refractivity contribution in [2.45, 2.75) is 32.7 Å². The lowest BCUT2D eigenvalue weighted by Gasteiger charge is -2.34. The molecule has 1 aromatic rings. The third-order valence-corrected chi connectivity index (χ3v) is 4.73. The number of aromatic nitrogens is 2. The van der Waals surface area contributed by atoms with Crippen LogP contribution in [0.4, 0.5) is 5.82 Å². The minimum absolute atomic E-state index is 0.00279. The maximum Gasteiger partial charge on any atom is 0.274 e. The first kappa shape index (κ1) is 18.6. The zero-order valence-corrected chi connectivity index (χ0v) is 15.5. The Balaban J connectivity index is 1.63. The smallest absolute Gasteiger partial charge is 0.274 e. The molecule has 0 bridgehead atoms. The summed E-state index contributed by atoms with van der Waals surface area (Å²) in [5.74, 6) is 0.638. The van der Waals surface area contributed by atoms with Crippen LogP contribution in [0, 0.1) is 5.92 Å². The maximum absolute atomic E-state index is 12.5. The molecule has 1 N–H and O–H groups in total. The van der Waals surface area contributed by atoms with Gasteiger partial charge in [0.25, 0.3) is 5.91 Å². The summed E-state index contributed by atoms with van der Waals surface area (Å²) in [4.78, 5) is 37.0. The van der Waals surface area contributed by atoms with E-state index in [0.29, 0.717) is 44.4 Å². The monoisotopic (exact) mass is 361 g/mol. The highest BCUT2D eigenvalue weighted by atomic mass is 16.5. The molecule has 2 aliphatic heterocycles. The molecule has 0 radical (unpaired) electrons. The lowest BCUT2D eigenvalue weighted by atomic mass is 10.0. The molecule has 0 saturated carbocycles. The minimum Gasteiger partial charge on any atom is -0.378 e. The average Bonchev–Trinajstić information content (AvgIpc) is 2.68. The second-order valence-electron chi connectivity index (χ2n) is 7.12. The minimum atomic E-state index is -0.121. The van der Waals surface area contributed by atoms with Crippen molar-refractivity contribution in [1.82, 2.24) is 19.8 Å².